The average Bonchev–Trinajstić information content (AvgIpc) is 2.96. The third-order valence-corrected chi connectivity index (χ3v) is 5.33. The second-order valence-electron chi connectivity index (χ2n) is 5.59. The molecule has 126 valence electrons. The van der Waals surface area contributed by atoms with Crippen molar-refractivity contribution in [3.05, 3.63) is 55.6 Å². The zero-order valence-corrected chi connectivity index (χ0v) is 16.3. The number of carbonyl (C=O) groups is 1. The highest BCUT2D eigenvalue weighted by molar-refractivity contribution is 14.1. The van der Waals surface area contributed by atoms with Gasteiger partial charge in [-0.3, -0.25) is 4.79 Å². The standard InChI is InChI=1S/C18H17ClINO3/c1-23-16-8-13(14(20)9-17(16)24-2)18(22)21-15-6-3-10-7-11(19)4-5-12(10)15/h4-5,7-9,15H,3,6H2,1-2H3,(H,21,22). The summed E-state index contributed by atoms with van der Waals surface area (Å²) in [7, 11) is 3.14. The minimum absolute atomic E-state index is 0.00802. The summed E-state index contributed by atoms with van der Waals surface area (Å²) in [6.45, 7) is 0. The van der Waals surface area contributed by atoms with Gasteiger partial charge in [0.05, 0.1) is 25.8 Å². The van der Waals surface area contributed by atoms with Gasteiger partial charge in [-0.05, 0) is 70.8 Å². The topological polar surface area (TPSA) is 47.6 Å². The maximum atomic E-state index is 12.7. The molecule has 0 aliphatic heterocycles. The predicted octanol–water partition coefficient (Wildman–Crippen LogP) is 4.38. The lowest BCUT2D eigenvalue weighted by Crippen LogP contribution is -2.27. The number of benzene rings is 2. The van der Waals surface area contributed by atoms with Crippen molar-refractivity contribution in [2.75, 3.05) is 14.2 Å². The minimum atomic E-state index is -0.117. The number of hydrogen-bond donors (Lipinski definition) is 1. The first-order chi connectivity index (χ1) is 11.5. The molecule has 0 saturated carbocycles. The molecule has 0 heterocycles. The molecule has 0 bridgehead atoms. The Balaban J connectivity index is 1.84. The molecule has 0 radical (unpaired) electrons. The molecule has 4 nitrogen and oxygen atoms in total. The van der Waals surface area contributed by atoms with Crippen molar-refractivity contribution in [2.45, 2.75) is 18.9 Å². The molecule has 1 aliphatic carbocycles. The quantitative estimate of drug-likeness (QED) is 0.693. The molecule has 3 rings (SSSR count). The molecule has 1 unspecified atom stereocenters. The Bertz CT molecular complexity index is 794. The minimum Gasteiger partial charge on any atom is -0.493 e. The van der Waals surface area contributed by atoms with E-state index in [1.165, 1.54) is 5.56 Å². The van der Waals surface area contributed by atoms with E-state index in [-0.39, 0.29) is 11.9 Å². The van der Waals surface area contributed by atoms with Crippen LogP contribution in [0.25, 0.3) is 0 Å². The number of carbonyl (C=O) groups excluding carboxylic acids is 1. The number of aryl methyl sites for hydroxylation is 1. The normalized spacial score (nSPS) is 15.8. The van der Waals surface area contributed by atoms with Gasteiger partial charge >= 0.3 is 0 Å². The first-order valence-corrected chi connectivity index (χ1v) is 9.00. The van der Waals surface area contributed by atoms with Gasteiger partial charge in [0, 0.05) is 8.59 Å². The Labute approximate surface area is 159 Å². The molecule has 24 heavy (non-hydrogen) atoms. The molecule has 1 aliphatic rings. The van der Waals surface area contributed by atoms with Gasteiger partial charge in [0.1, 0.15) is 0 Å². The number of hydrogen-bond acceptors (Lipinski definition) is 3. The summed E-state index contributed by atoms with van der Waals surface area (Å²) in [6, 6.07) is 9.36. The van der Waals surface area contributed by atoms with Crippen molar-refractivity contribution in [1.29, 1.82) is 0 Å². The molecule has 2 aromatic rings. The van der Waals surface area contributed by atoms with Crippen LogP contribution in [0.4, 0.5) is 0 Å². The molecule has 0 fully saturated rings. The van der Waals surface area contributed by atoms with Gasteiger partial charge in [-0.2, -0.15) is 0 Å². The molecular formula is C18H17ClINO3. The molecule has 1 atom stereocenters. The lowest BCUT2D eigenvalue weighted by atomic mass is 10.1. The van der Waals surface area contributed by atoms with E-state index in [1.54, 1.807) is 26.4 Å². The van der Waals surface area contributed by atoms with Crippen molar-refractivity contribution in [3.63, 3.8) is 0 Å². The summed E-state index contributed by atoms with van der Waals surface area (Å²) >= 11 is 8.18. The molecular weight excluding hydrogens is 441 g/mol. The van der Waals surface area contributed by atoms with Crippen LogP contribution in [0.5, 0.6) is 11.5 Å². The third kappa shape index (κ3) is 3.32. The van der Waals surface area contributed by atoms with Crippen molar-refractivity contribution < 1.29 is 14.3 Å². The molecule has 0 saturated heterocycles. The summed E-state index contributed by atoms with van der Waals surface area (Å²) < 4.78 is 11.4. The van der Waals surface area contributed by atoms with Crippen LogP contribution in [0.2, 0.25) is 5.02 Å². The van der Waals surface area contributed by atoms with E-state index in [0.29, 0.717) is 17.1 Å². The number of halogens is 2. The maximum Gasteiger partial charge on any atom is 0.252 e. The molecule has 1 amide bonds. The van der Waals surface area contributed by atoms with Gasteiger partial charge in [0.25, 0.3) is 5.91 Å². The molecule has 2 aromatic carbocycles. The lowest BCUT2D eigenvalue weighted by molar-refractivity contribution is 0.0935. The lowest BCUT2D eigenvalue weighted by Gasteiger charge is -2.16. The van der Waals surface area contributed by atoms with E-state index < -0.39 is 0 Å². The fourth-order valence-corrected chi connectivity index (χ4v) is 3.88. The second kappa shape index (κ2) is 7.19. The van der Waals surface area contributed by atoms with Crippen LogP contribution in [0, 0.1) is 3.57 Å². The highest BCUT2D eigenvalue weighted by atomic mass is 127. The zero-order valence-electron chi connectivity index (χ0n) is 13.4. The van der Waals surface area contributed by atoms with Crippen molar-refractivity contribution in [3.8, 4) is 11.5 Å². The first-order valence-electron chi connectivity index (χ1n) is 7.54. The number of rotatable bonds is 4. The van der Waals surface area contributed by atoms with Crippen molar-refractivity contribution in [1.82, 2.24) is 5.32 Å². The zero-order chi connectivity index (χ0) is 17.3. The first kappa shape index (κ1) is 17.4. The molecule has 0 aromatic heterocycles. The van der Waals surface area contributed by atoms with Gasteiger partial charge in [0.15, 0.2) is 11.5 Å². The van der Waals surface area contributed by atoms with Gasteiger partial charge in [0.2, 0.25) is 0 Å². The van der Waals surface area contributed by atoms with Gasteiger partial charge < -0.3 is 14.8 Å². The summed E-state index contributed by atoms with van der Waals surface area (Å²) in [5.41, 5.74) is 2.92. The van der Waals surface area contributed by atoms with Gasteiger partial charge in [-0.1, -0.05) is 17.7 Å². The monoisotopic (exact) mass is 457 g/mol. The van der Waals surface area contributed by atoms with Crippen LogP contribution < -0.4 is 14.8 Å². The van der Waals surface area contributed by atoms with Gasteiger partial charge in [-0.15, -0.1) is 0 Å². The van der Waals surface area contributed by atoms with Crippen LogP contribution >= 0.6 is 34.2 Å². The van der Waals surface area contributed by atoms with E-state index in [0.717, 1.165) is 27.0 Å². The summed E-state index contributed by atoms with van der Waals surface area (Å²) in [5, 5.41) is 3.85. The van der Waals surface area contributed by atoms with Crippen LogP contribution in [0.1, 0.15) is 33.9 Å². The SMILES string of the molecule is COc1cc(I)c(C(=O)NC2CCc3cc(Cl)ccc32)cc1OC. The van der Waals surface area contributed by atoms with E-state index in [9.17, 15) is 4.79 Å². The number of fused-ring (bicyclic) bond motifs is 1. The fourth-order valence-electron chi connectivity index (χ4n) is 3.00. The van der Waals surface area contributed by atoms with Crippen LogP contribution in [0.3, 0.4) is 0 Å². The highest BCUT2D eigenvalue weighted by Crippen LogP contribution is 2.34. The molecule has 0 spiro atoms. The average molecular weight is 458 g/mol. The number of amides is 1. The van der Waals surface area contributed by atoms with Crippen molar-refractivity contribution in [2.24, 2.45) is 0 Å². The Kier molecular flexibility index (Phi) is 5.20. The highest BCUT2D eigenvalue weighted by Gasteiger charge is 2.25. The second-order valence-corrected chi connectivity index (χ2v) is 7.19. The van der Waals surface area contributed by atoms with Crippen molar-refractivity contribution >= 4 is 40.1 Å². The Morgan fingerprint density at radius 2 is 1.92 bits per heavy atom. The Morgan fingerprint density at radius 1 is 1.21 bits per heavy atom. The van der Waals surface area contributed by atoms with Crippen LogP contribution in [0.15, 0.2) is 30.3 Å². The number of methoxy groups -OCH3 is 2. The Hall–Kier alpha value is -1.47. The largest absolute Gasteiger partial charge is 0.493 e. The predicted molar refractivity (Wildman–Crippen MR) is 102 cm³/mol. The summed E-state index contributed by atoms with van der Waals surface area (Å²) in [6.07, 6.45) is 1.80. The van der Waals surface area contributed by atoms with E-state index in [2.05, 4.69) is 27.9 Å². The summed E-state index contributed by atoms with van der Waals surface area (Å²) in [4.78, 5) is 12.7. The van der Waals surface area contributed by atoms with E-state index in [1.807, 2.05) is 18.2 Å². The van der Waals surface area contributed by atoms with Crippen LogP contribution in [-0.2, 0) is 6.42 Å². The third-order valence-electron chi connectivity index (χ3n) is 4.21. The van der Waals surface area contributed by atoms with Crippen LogP contribution in [-0.4, -0.2) is 20.1 Å². The fraction of sp³-hybridized carbons (Fsp3) is 0.278. The summed E-state index contributed by atoms with van der Waals surface area (Å²) in [5.74, 6) is 1.04. The Morgan fingerprint density at radius 3 is 2.62 bits per heavy atom. The molecule has 6 heteroatoms. The number of ether oxygens (including phenoxy) is 2. The number of nitrogens with one attached hydrogen (secondary N) is 1. The van der Waals surface area contributed by atoms with E-state index in [4.69, 9.17) is 21.1 Å². The molecule has 1 N–H and O–H groups in total. The van der Waals surface area contributed by atoms with E-state index >= 15 is 0 Å². The smallest absolute Gasteiger partial charge is 0.252 e. The van der Waals surface area contributed by atoms with Gasteiger partial charge in [-0.25, -0.2) is 0 Å². The maximum absolute atomic E-state index is 12.7.